The third-order valence-electron chi connectivity index (χ3n) is 3.23. The molecule has 102 valence electrons. The molecule has 19 heavy (non-hydrogen) atoms. The highest BCUT2D eigenvalue weighted by Gasteiger charge is 2.04. The number of rotatable bonds is 6. The van der Waals surface area contributed by atoms with Gasteiger partial charge in [0, 0.05) is 30.4 Å². The van der Waals surface area contributed by atoms with Gasteiger partial charge in [0.1, 0.15) is 0 Å². The molecule has 0 saturated carbocycles. The fraction of sp³-hybridized carbons (Fsp3) is 0.400. The number of hydrogen-bond donors (Lipinski definition) is 1. The molecule has 2 aromatic rings. The van der Waals surface area contributed by atoms with Gasteiger partial charge in [-0.05, 0) is 37.1 Å². The van der Waals surface area contributed by atoms with Crippen LogP contribution in [-0.2, 0) is 13.1 Å². The van der Waals surface area contributed by atoms with E-state index in [0.29, 0.717) is 6.04 Å². The minimum Gasteiger partial charge on any atom is -0.307 e. The van der Waals surface area contributed by atoms with Crippen LogP contribution < -0.4 is 5.32 Å². The van der Waals surface area contributed by atoms with Crippen LogP contribution in [0, 0.1) is 0 Å². The van der Waals surface area contributed by atoms with Gasteiger partial charge in [-0.2, -0.15) is 5.10 Å². The summed E-state index contributed by atoms with van der Waals surface area (Å²) in [7, 11) is 0. The van der Waals surface area contributed by atoms with Gasteiger partial charge >= 0.3 is 0 Å². The Bertz CT molecular complexity index is 522. The van der Waals surface area contributed by atoms with Crippen LogP contribution >= 0.6 is 11.6 Å². The summed E-state index contributed by atoms with van der Waals surface area (Å²) in [5.41, 5.74) is 2.26. The number of hydrogen-bond acceptors (Lipinski definition) is 2. The van der Waals surface area contributed by atoms with E-state index in [-0.39, 0.29) is 0 Å². The Hall–Kier alpha value is -1.32. The van der Waals surface area contributed by atoms with Gasteiger partial charge in [0.25, 0.3) is 0 Å². The van der Waals surface area contributed by atoms with Gasteiger partial charge < -0.3 is 5.32 Å². The van der Waals surface area contributed by atoms with Gasteiger partial charge in [0.2, 0.25) is 0 Å². The van der Waals surface area contributed by atoms with Gasteiger partial charge in [-0.15, -0.1) is 0 Å². The molecule has 0 amide bonds. The van der Waals surface area contributed by atoms with E-state index < -0.39 is 0 Å². The van der Waals surface area contributed by atoms with E-state index in [4.69, 9.17) is 11.6 Å². The molecule has 0 aliphatic carbocycles. The fourth-order valence-electron chi connectivity index (χ4n) is 1.89. The zero-order chi connectivity index (χ0) is 13.7. The first kappa shape index (κ1) is 14.1. The van der Waals surface area contributed by atoms with Crippen molar-refractivity contribution in [2.45, 2.75) is 39.4 Å². The van der Waals surface area contributed by atoms with Crippen molar-refractivity contribution in [1.29, 1.82) is 0 Å². The summed E-state index contributed by atoms with van der Waals surface area (Å²) < 4.78 is 2.02. The highest BCUT2D eigenvalue weighted by molar-refractivity contribution is 6.30. The molecule has 1 unspecified atom stereocenters. The molecule has 1 aromatic heterocycles. The Kier molecular flexibility index (Phi) is 5.00. The Morgan fingerprint density at radius 3 is 2.89 bits per heavy atom. The zero-order valence-electron chi connectivity index (χ0n) is 11.4. The average Bonchev–Trinajstić information content (AvgIpc) is 2.87. The van der Waals surface area contributed by atoms with Crippen LogP contribution in [0.25, 0.3) is 0 Å². The van der Waals surface area contributed by atoms with Crippen LogP contribution in [0.15, 0.2) is 36.5 Å². The lowest BCUT2D eigenvalue weighted by Crippen LogP contribution is -2.14. The summed E-state index contributed by atoms with van der Waals surface area (Å²) >= 11 is 5.95. The SMILES string of the molecule is CCC(C)n1ccc(CNCc2cccc(Cl)c2)n1. The van der Waals surface area contributed by atoms with Crippen LogP contribution in [0.3, 0.4) is 0 Å². The predicted octanol–water partition coefficient (Wildman–Crippen LogP) is 3.80. The molecule has 0 spiro atoms. The van der Waals surface area contributed by atoms with Crippen LogP contribution in [0.2, 0.25) is 5.02 Å². The highest BCUT2D eigenvalue weighted by atomic mass is 35.5. The topological polar surface area (TPSA) is 29.9 Å². The molecule has 3 nitrogen and oxygen atoms in total. The number of nitrogens with one attached hydrogen (secondary N) is 1. The molecule has 0 saturated heterocycles. The van der Waals surface area contributed by atoms with Crippen LogP contribution in [-0.4, -0.2) is 9.78 Å². The Morgan fingerprint density at radius 1 is 1.32 bits per heavy atom. The van der Waals surface area contributed by atoms with E-state index in [1.165, 1.54) is 5.56 Å². The Labute approximate surface area is 119 Å². The molecular formula is C15H20ClN3. The maximum absolute atomic E-state index is 5.95. The Morgan fingerprint density at radius 2 is 2.16 bits per heavy atom. The smallest absolute Gasteiger partial charge is 0.0762 e. The van der Waals surface area contributed by atoms with Crippen LogP contribution in [0.1, 0.15) is 37.6 Å². The minimum atomic E-state index is 0.460. The second-order valence-corrected chi connectivity index (χ2v) is 5.21. The standard InChI is InChI=1S/C15H20ClN3/c1-3-12(2)19-8-7-15(18-19)11-17-10-13-5-4-6-14(16)9-13/h4-9,12,17H,3,10-11H2,1-2H3. The monoisotopic (exact) mass is 277 g/mol. The minimum absolute atomic E-state index is 0.460. The predicted molar refractivity (Wildman–Crippen MR) is 79.2 cm³/mol. The summed E-state index contributed by atoms with van der Waals surface area (Å²) in [5, 5.41) is 8.72. The van der Waals surface area contributed by atoms with E-state index in [1.54, 1.807) is 0 Å². The molecule has 1 atom stereocenters. The fourth-order valence-corrected chi connectivity index (χ4v) is 2.10. The van der Waals surface area contributed by atoms with Gasteiger partial charge in [0.05, 0.1) is 5.69 Å². The summed E-state index contributed by atoms with van der Waals surface area (Å²) in [5.74, 6) is 0. The second kappa shape index (κ2) is 6.73. The van der Waals surface area contributed by atoms with E-state index in [9.17, 15) is 0 Å². The summed E-state index contributed by atoms with van der Waals surface area (Å²) in [4.78, 5) is 0. The molecular weight excluding hydrogens is 258 g/mol. The first-order valence-electron chi connectivity index (χ1n) is 6.68. The maximum Gasteiger partial charge on any atom is 0.0762 e. The lowest BCUT2D eigenvalue weighted by molar-refractivity contribution is 0.471. The highest BCUT2D eigenvalue weighted by Crippen LogP contribution is 2.11. The largest absolute Gasteiger partial charge is 0.307 e. The lowest BCUT2D eigenvalue weighted by atomic mass is 10.2. The van der Waals surface area contributed by atoms with Gasteiger partial charge in [-0.1, -0.05) is 30.7 Å². The maximum atomic E-state index is 5.95. The van der Waals surface area contributed by atoms with Crippen molar-refractivity contribution in [1.82, 2.24) is 15.1 Å². The van der Waals surface area contributed by atoms with Crippen molar-refractivity contribution < 1.29 is 0 Å². The van der Waals surface area contributed by atoms with Gasteiger partial charge in [-0.25, -0.2) is 0 Å². The number of nitrogens with zero attached hydrogens (tertiary/aromatic N) is 2. The molecule has 2 rings (SSSR count). The second-order valence-electron chi connectivity index (χ2n) is 4.78. The first-order chi connectivity index (χ1) is 9.19. The van der Waals surface area contributed by atoms with Crippen molar-refractivity contribution in [3.8, 4) is 0 Å². The summed E-state index contributed by atoms with van der Waals surface area (Å²) in [6, 6.07) is 10.4. The van der Waals surface area contributed by atoms with Crippen LogP contribution in [0.5, 0.6) is 0 Å². The van der Waals surface area contributed by atoms with Gasteiger partial charge in [-0.3, -0.25) is 4.68 Å². The first-order valence-corrected chi connectivity index (χ1v) is 7.06. The molecule has 0 aliphatic heterocycles. The van der Waals surface area contributed by atoms with E-state index >= 15 is 0 Å². The number of halogens is 1. The molecule has 1 N–H and O–H groups in total. The third-order valence-corrected chi connectivity index (χ3v) is 3.47. The molecule has 0 radical (unpaired) electrons. The average molecular weight is 278 g/mol. The Balaban J connectivity index is 1.84. The third kappa shape index (κ3) is 4.08. The zero-order valence-corrected chi connectivity index (χ0v) is 12.2. The van der Waals surface area contributed by atoms with Crippen molar-refractivity contribution in [3.05, 3.63) is 52.8 Å². The van der Waals surface area contributed by atoms with E-state index in [1.807, 2.05) is 29.1 Å². The number of benzene rings is 1. The lowest BCUT2D eigenvalue weighted by Gasteiger charge is -2.08. The number of aromatic nitrogens is 2. The van der Waals surface area contributed by atoms with Crippen molar-refractivity contribution in [3.63, 3.8) is 0 Å². The van der Waals surface area contributed by atoms with E-state index in [0.717, 1.165) is 30.2 Å². The van der Waals surface area contributed by atoms with Crippen LogP contribution in [0.4, 0.5) is 0 Å². The molecule has 4 heteroatoms. The van der Waals surface area contributed by atoms with Crippen molar-refractivity contribution in [2.24, 2.45) is 0 Å². The quantitative estimate of drug-likeness (QED) is 0.870. The molecule has 0 fully saturated rings. The summed E-state index contributed by atoms with van der Waals surface area (Å²) in [6.45, 7) is 5.92. The van der Waals surface area contributed by atoms with Crippen molar-refractivity contribution in [2.75, 3.05) is 0 Å². The molecule has 0 aliphatic rings. The van der Waals surface area contributed by atoms with E-state index in [2.05, 4.69) is 36.4 Å². The molecule has 0 bridgehead atoms. The normalized spacial score (nSPS) is 12.6. The van der Waals surface area contributed by atoms with Crippen molar-refractivity contribution >= 4 is 11.6 Å². The molecule has 1 heterocycles. The summed E-state index contributed by atoms with van der Waals surface area (Å²) in [6.07, 6.45) is 3.14. The molecule has 1 aromatic carbocycles. The van der Waals surface area contributed by atoms with Gasteiger partial charge in [0.15, 0.2) is 0 Å².